The Morgan fingerprint density at radius 2 is 1.79 bits per heavy atom. The molecule has 0 radical (unpaired) electrons. The van der Waals surface area contributed by atoms with Crippen LogP contribution in [0, 0.1) is 12.8 Å². The van der Waals surface area contributed by atoms with Crippen LogP contribution in [0.25, 0.3) is 0 Å². The zero-order valence-corrected chi connectivity index (χ0v) is 13.4. The summed E-state index contributed by atoms with van der Waals surface area (Å²) in [4.78, 5) is 0. The summed E-state index contributed by atoms with van der Waals surface area (Å²) in [5.41, 5.74) is 2.50. The Morgan fingerprint density at radius 1 is 1.16 bits per heavy atom. The van der Waals surface area contributed by atoms with Crippen molar-refractivity contribution in [3.63, 3.8) is 0 Å². The molecule has 2 nitrogen and oxygen atoms in total. The van der Waals surface area contributed by atoms with Crippen molar-refractivity contribution < 1.29 is 4.21 Å². The van der Waals surface area contributed by atoms with Gasteiger partial charge in [0, 0.05) is 28.3 Å². The highest BCUT2D eigenvalue weighted by Crippen LogP contribution is 2.16. The SMILES string of the molecule is CCNC(CS(=O)CC(C)CC)c1ccc(C)cc1. The second kappa shape index (κ2) is 8.49. The molecule has 1 aromatic rings. The Labute approximate surface area is 120 Å². The Bertz CT molecular complexity index is 388. The molecule has 0 aromatic heterocycles. The lowest BCUT2D eigenvalue weighted by molar-refractivity contribution is 0.582. The zero-order chi connectivity index (χ0) is 14.3. The molecular weight excluding hydrogens is 254 g/mol. The van der Waals surface area contributed by atoms with Crippen molar-refractivity contribution in [1.82, 2.24) is 5.32 Å². The predicted molar refractivity (Wildman–Crippen MR) is 84.9 cm³/mol. The molecule has 3 atom stereocenters. The van der Waals surface area contributed by atoms with Crippen molar-refractivity contribution in [2.45, 2.75) is 40.2 Å². The van der Waals surface area contributed by atoms with Crippen LogP contribution < -0.4 is 5.32 Å². The lowest BCUT2D eigenvalue weighted by Gasteiger charge is -2.19. The third kappa shape index (κ3) is 5.87. The van der Waals surface area contributed by atoms with E-state index in [1.165, 1.54) is 11.1 Å². The molecule has 0 aliphatic rings. The first-order valence-electron chi connectivity index (χ1n) is 7.21. The standard InChI is InChI=1S/C16H27NOS/c1-5-13(3)11-19(18)12-16(17-6-2)15-9-7-14(4)8-10-15/h7-10,13,16-17H,5-6,11-12H2,1-4H3. The van der Waals surface area contributed by atoms with Gasteiger partial charge in [-0.3, -0.25) is 4.21 Å². The first-order valence-corrected chi connectivity index (χ1v) is 8.70. The molecule has 0 aliphatic heterocycles. The lowest BCUT2D eigenvalue weighted by Crippen LogP contribution is -2.27. The highest BCUT2D eigenvalue weighted by Gasteiger charge is 2.15. The van der Waals surface area contributed by atoms with Crippen LogP contribution in [0.3, 0.4) is 0 Å². The van der Waals surface area contributed by atoms with Gasteiger partial charge in [-0.05, 0) is 24.9 Å². The van der Waals surface area contributed by atoms with Crippen molar-refractivity contribution in [2.75, 3.05) is 18.1 Å². The summed E-state index contributed by atoms with van der Waals surface area (Å²) in [5, 5.41) is 3.45. The van der Waals surface area contributed by atoms with Crippen molar-refractivity contribution in [3.05, 3.63) is 35.4 Å². The highest BCUT2D eigenvalue weighted by atomic mass is 32.2. The van der Waals surface area contributed by atoms with Gasteiger partial charge in [-0.15, -0.1) is 0 Å². The summed E-state index contributed by atoms with van der Waals surface area (Å²) in [6, 6.07) is 8.73. The summed E-state index contributed by atoms with van der Waals surface area (Å²) in [7, 11) is -0.750. The second-order valence-corrected chi connectivity index (χ2v) is 6.85. The van der Waals surface area contributed by atoms with Gasteiger partial charge in [0.25, 0.3) is 0 Å². The van der Waals surface area contributed by atoms with E-state index in [2.05, 4.69) is 57.3 Å². The quantitative estimate of drug-likeness (QED) is 0.791. The third-order valence-corrected chi connectivity index (χ3v) is 5.10. The van der Waals surface area contributed by atoms with Crippen LogP contribution in [0.4, 0.5) is 0 Å². The topological polar surface area (TPSA) is 29.1 Å². The summed E-state index contributed by atoms with van der Waals surface area (Å²) in [5.74, 6) is 2.06. The van der Waals surface area contributed by atoms with E-state index in [9.17, 15) is 4.21 Å². The predicted octanol–water partition coefficient (Wildman–Crippen LogP) is 3.44. The molecule has 0 spiro atoms. The van der Waals surface area contributed by atoms with Crippen LogP contribution in [0.15, 0.2) is 24.3 Å². The second-order valence-electron chi connectivity index (χ2n) is 5.31. The van der Waals surface area contributed by atoms with Gasteiger partial charge < -0.3 is 5.32 Å². The van der Waals surface area contributed by atoms with Crippen LogP contribution in [-0.4, -0.2) is 22.3 Å². The minimum absolute atomic E-state index is 0.204. The van der Waals surface area contributed by atoms with Crippen molar-refractivity contribution in [1.29, 1.82) is 0 Å². The monoisotopic (exact) mass is 281 g/mol. The highest BCUT2D eigenvalue weighted by molar-refractivity contribution is 7.85. The smallest absolute Gasteiger partial charge is 0.0436 e. The molecule has 1 rings (SSSR count). The normalized spacial score (nSPS) is 16.0. The van der Waals surface area contributed by atoms with Crippen LogP contribution >= 0.6 is 0 Å². The minimum Gasteiger partial charge on any atom is -0.309 e. The van der Waals surface area contributed by atoms with Gasteiger partial charge in [0.05, 0.1) is 0 Å². The minimum atomic E-state index is -0.750. The molecule has 0 amide bonds. The van der Waals surface area contributed by atoms with Crippen LogP contribution in [0.2, 0.25) is 0 Å². The number of hydrogen-bond donors (Lipinski definition) is 1. The molecule has 1 N–H and O–H groups in total. The number of rotatable bonds is 8. The van der Waals surface area contributed by atoms with E-state index < -0.39 is 10.8 Å². The van der Waals surface area contributed by atoms with E-state index in [0.29, 0.717) is 11.7 Å². The third-order valence-electron chi connectivity index (χ3n) is 3.45. The van der Waals surface area contributed by atoms with Crippen molar-refractivity contribution >= 4 is 10.8 Å². The van der Waals surface area contributed by atoms with Crippen LogP contribution in [0.5, 0.6) is 0 Å². The zero-order valence-electron chi connectivity index (χ0n) is 12.6. The summed E-state index contributed by atoms with van der Waals surface area (Å²) in [6.07, 6.45) is 1.10. The van der Waals surface area contributed by atoms with Gasteiger partial charge in [-0.2, -0.15) is 0 Å². The maximum atomic E-state index is 12.2. The van der Waals surface area contributed by atoms with Crippen molar-refractivity contribution in [2.24, 2.45) is 5.92 Å². The number of hydrogen-bond acceptors (Lipinski definition) is 2. The average Bonchev–Trinajstić information content (AvgIpc) is 2.39. The molecule has 0 saturated heterocycles. The fourth-order valence-electron chi connectivity index (χ4n) is 2.01. The Kier molecular flexibility index (Phi) is 7.32. The molecule has 0 bridgehead atoms. The van der Waals surface area contributed by atoms with Gasteiger partial charge in [0.2, 0.25) is 0 Å². The molecule has 108 valence electrons. The van der Waals surface area contributed by atoms with Gasteiger partial charge in [-0.1, -0.05) is 57.0 Å². The van der Waals surface area contributed by atoms with Crippen LogP contribution in [-0.2, 0) is 10.8 Å². The molecular formula is C16H27NOS. The number of benzene rings is 1. The van der Waals surface area contributed by atoms with Gasteiger partial charge >= 0.3 is 0 Å². The Morgan fingerprint density at radius 3 is 2.32 bits per heavy atom. The summed E-state index contributed by atoms with van der Waals surface area (Å²) in [6.45, 7) is 9.42. The Balaban J connectivity index is 2.67. The largest absolute Gasteiger partial charge is 0.309 e. The van der Waals surface area contributed by atoms with Gasteiger partial charge in [0.1, 0.15) is 0 Å². The summed E-state index contributed by atoms with van der Waals surface area (Å²) < 4.78 is 12.2. The molecule has 1 aromatic carbocycles. The summed E-state index contributed by atoms with van der Waals surface area (Å²) >= 11 is 0. The van der Waals surface area contributed by atoms with Crippen LogP contribution in [0.1, 0.15) is 44.4 Å². The molecule has 3 unspecified atom stereocenters. The fourth-order valence-corrected chi connectivity index (χ4v) is 3.70. The van der Waals surface area contributed by atoms with Gasteiger partial charge in [-0.25, -0.2) is 0 Å². The van der Waals surface area contributed by atoms with Gasteiger partial charge in [0.15, 0.2) is 0 Å². The molecule has 19 heavy (non-hydrogen) atoms. The van der Waals surface area contributed by atoms with E-state index in [-0.39, 0.29) is 6.04 Å². The molecule has 3 heteroatoms. The van der Waals surface area contributed by atoms with E-state index >= 15 is 0 Å². The van der Waals surface area contributed by atoms with E-state index in [0.717, 1.165) is 18.7 Å². The number of aryl methyl sites for hydroxylation is 1. The lowest BCUT2D eigenvalue weighted by atomic mass is 10.1. The maximum Gasteiger partial charge on any atom is 0.0436 e. The fraction of sp³-hybridized carbons (Fsp3) is 0.625. The van der Waals surface area contributed by atoms with E-state index in [4.69, 9.17) is 0 Å². The average molecular weight is 281 g/mol. The van der Waals surface area contributed by atoms with E-state index in [1.807, 2.05) is 0 Å². The molecule has 0 fully saturated rings. The maximum absolute atomic E-state index is 12.2. The Hall–Kier alpha value is -0.670. The molecule has 0 aliphatic carbocycles. The number of nitrogens with one attached hydrogen (secondary N) is 1. The van der Waals surface area contributed by atoms with Crippen molar-refractivity contribution in [3.8, 4) is 0 Å². The molecule has 0 heterocycles. The first-order chi connectivity index (χ1) is 9.06. The first kappa shape index (κ1) is 16.4. The molecule has 0 saturated carbocycles. The van der Waals surface area contributed by atoms with E-state index in [1.54, 1.807) is 0 Å².